The second kappa shape index (κ2) is 7.30. The average molecular weight is 299 g/mol. The number of hydrogen-bond acceptors (Lipinski definition) is 1. The Balaban J connectivity index is 2.00. The van der Waals surface area contributed by atoms with E-state index in [1.165, 1.54) is 19.3 Å². The molecule has 1 aliphatic carbocycles. The van der Waals surface area contributed by atoms with Crippen molar-refractivity contribution in [3.05, 3.63) is 35.1 Å². The SMILES string of the molecule is CCCCC1CCC(C(N)c2c(F)cc(F)cc2F)CC1. The van der Waals surface area contributed by atoms with Crippen LogP contribution in [-0.2, 0) is 0 Å². The van der Waals surface area contributed by atoms with Crippen molar-refractivity contribution in [2.24, 2.45) is 17.6 Å². The second-order valence-corrected chi connectivity index (χ2v) is 6.23. The standard InChI is InChI=1S/C17H24F3N/c1-2-3-4-11-5-7-12(8-6-11)17(21)16-14(19)9-13(18)10-15(16)20/h9-12,17H,2-8,21H2,1H3. The number of nitrogens with two attached hydrogens (primary N) is 1. The Bertz CT molecular complexity index is 444. The molecule has 0 radical (unpaired) electrons. The average Bonchev–Trinajstić information content (AvgIpc) is 2.44. The zero-order chi connectivity index (χ0) is 15.4. The number of unbranched alkanes of at least 4 members (excludes halogenated alkanes) is 1. The molecule has 4 heteroatoms. The van der Waals surface area contributed by atoms with Gasteiger partial charge in [0.25, 0.3) is 0 Å². The summed E-state index contributed by atoms with van der Waals surface area (Å²) in [6.45, 7) is 2.18. The fourth-order valence-corrected chi connectivity index (χ4v) is 3.44. The smallest absolute Gasteiger partial charge is 0.133 e. The molecule has 1 aromatic carbocycles. The lowest BCUT2D eigenvalue weighted by Crippen LogP contribution is -2.27. The first-order valence-electron chi connectivity index (χ1n) is 7.93. The van der Waals surface area contributed by atoms with Crippen molar-refractivity contribution in [2.45, 2.75) is 57.9 Å². The van der Waals surface area contributed by atoms with Crippen LogP contribution in [0.3, 0.4) is 0 Å². The molecule has 0 amide bonds. The number of benzene rings is 1. The van der Waals surface area contributed by atoms with Gasteiger partial charge in [-0.1, -0.05) is 39.0 Å². The third-order valence-electron chi connectivity index (χ3n) is 4.74. The largest absolute Gasteiger partial charge is 0.324 e. The van der Waals surface area contributed by atoms with Gasteiger partial charge >= 0.3 is 0 Å². The lowest BCUT2D eigenvalue weighted by molar-refractivity contribution is 0.228. The molecule has 21 heavy (non-hydrogen) atoms. The van der Waals surface area contributed by atoms with E-state index in [0.717, 1.165) is 31.6 Å². The molecule has 0 bridgehead atoms. The summed E-state index contributed by atoms with van der Waals surface area (Å²) in [6, 6.07) is 0.744. The van der Waals surface area contributed by atoms with E-state index in [4.69, 9.17) is 5.73 Å². The lowest BCUT2D eigenvalue weighted by Gasteiger charge is -2.32. The van der Waals surface area contributed by atoms with E-state index in [1.54, 1.807) is 0 Å². The minimum Gasteiger partial charge on any atom is -0.324 e. The molecule has 1 aliphatic rings. The van der Waals surface area contributed by atoms with Gasteiger partial charge in [-0.25, -0.2) is 13.2 Å². The van der Waals surface area contributed by atoms with Crippen LogP contribution in [0.25, 0.3) is 0 Å². The first-order valence-corrected chi connectivity index (χ1v) is 7.93. The van der Waals surface area contributed by atoms with Gasteiger partial charge in [-0.05, 0) is 24.7 Å². The molecule has 1 nitrogen and oxygen atoms in total. The molecule has 0 spiro atoms. The van der Waals surface area contributed by atoms with Crippen molar-refractivity contribution >= 4 is 0 Å². The highest BCUT2D eigenvalue weighted by Crippen LogP contribution is 2.38. The van der Waals surface area contributed by atoms with E-state index in [0.29, 0.717) is 12.1 Å². The van der Waals surface area contributed by atoms with Crippen molar-refractivity contribution in [3.63, 3.8) is 0 Å². The maximum atomic E-state index is 13.8. The first kappa shape index (κ1) is 16.3. The van der Waals surface area contributed by atoms with Crippen LogP contribution >= 0.6 is 0 Å². The van der Waals surface area contributed by atoms with E-state index < -0.39 is 23.5 Å². The van der Waals surface area contributed by atoms with Gasteiger partial charge in [0.05, 0.1) is 0 Å². The summed E-state index contributed by atoms with van der Waals surface area (Å²) in [7, 11) is 0. The van der Waals surface area contributed by atoms with Crippen LogP contribution in [0.15, 0.2) is 12.1 Å². The van der Waals surface area contributed by atoms with E-state index in [9.17, 15) is 13.2 Å². The molecule has 1 unspecified atom stereocenters. The number of halogens is 3. The van der Waals surface area contributed by atoms with E-state index in [-0.39, 0.29) is 11.5 Å². The molecule has 0 saturated heterocycles. The Labute approximate surface area is 124 Å². The predicted molar refractivity (Wildman–Crippen MR) is 78.2 cm³/mol. The predicted octanol–water partition coefficient (Wildman–Crippen LogP) is 5.10. The molecule has 2 rings (SSSR count). The molecule has 0 aromatic heterocycles. The molecule has 118 valence electrons. The Morgan fingerprint density at radius 2 is 1.67 bits per heavy atom. The van der Waals surface area contributed by atoms with E-state index >= 15 is 0 Å². The van der Waals surface area contributed by atoms with Crippen molar-refractivity contribution in [3.8, 4) is 0 Å². The highest BCUT2D eigenvalue weighted by Gasteiger charge is 2.29. The van der Waals surface area contributed by atoms with Gasteiger partial charge in [0.15, 0.2) is 0 Å². The molecule has 1 fully saturated rings. The summed E-state index contributed by atoms with van der Waals surface area (Å²) in [4.78, 5) is 0. The molecule has 0 heterocycles. The van der Waals surface area contributed by atoms with Crippen LogP contribution in [0.4, 0.5) is 13.2 Å². The zero-order valence-electron chi connectivity index (χ0n) is 12.5. The third kappa shape index (κ3) is 4.00. The van der Waals surface area contributed by atoms with Gasteiger partial charge in [-0.15, -0.1) is 0 Å². The molecule has 2 N–H and O–H groups in total. The van der Waals surface area contributed by atoms with Gasteiger partial charge in [0, 0.05) is 23.7 Å². The van der Waals surface area contributed by atoms with Gasteiger partial charge in [0.2, 0.25) is 0 Å². The molecule has 1 aromatic rings. The van der Waals surface area contributed by atoms with Crippen LogP contribution in [-0.4, -0.2) is 0 Å². The van der Waals surface area contributed by atoms with Gasteiger partial charge in [-0.3, -0.25) is 0 Å². The summed E-state index contributed by atoms with van der Waals surface area (Å²) in [6.07, 6.45) is 7.61. The normalized spacial score (nSPS) is 24.0. The maximum absolute atomic E-state index is 13.8. The highest BCUT2D eigenvalue weighted by molar-refractivity contribution is 5.24. The van der Waals surface area contributed by atoms with Gasteiger partial charge in [0.1, 0.15) is 17.5 Å². The van der Waals surface area contributed by atoms with Crippen LogP contribution in [0.5, 0.6) is 0 Å². The Morgan fingerprint density at radius 3 is 2.19 bits per heavy atom. The number of rotatable bonds is 5. The van der Waals surface area contributed by atoms with Crippen LogP contribution in [0, 0.1) is 29.3 Å². The quantitative estimate of drug-likeness (QED) is 0.804. The summed E-state index contributed by atoms with van der Waals surface area (Å²) in [5, 5.41) is 0. The first-order chi connectivity index (χ1) is 10.0. The van der Waals surface area contributed by atoms with Crippen molar-refractivity contribution < 1.29 is 13.2 Å². The fraction of sp³-hybridized carbons (Fsp3) is 0.647. The zero-order valence-corrected chi connectivity index (χ0v) is 12.5. The molecular formula is C17H24F3N. The monoisotopic (exact) mass is 299 g/mol. The third-order valence-corrected chi connectivity index (χ3v) is 4.74. The topological polar surface area (TPSA) is 26.0 Å². The van der Waals surface area contributed by atoms with E-state index in [1.807, 2.05) is 0 Å². The molecular weight excluding hydrogens is 275 g/mol. The van der Waals surface area contributed by atoms with Crippen molar-refractivity contribution in [1.29, 1.82) is 0 Å². The Morgan fingerprint density at radius 1 is 1.10 bits per heavy atom. The van der Waals surface area contributed by atoms with E-state index in [2.05, 4.69) is 6.92 Å². The molecule has 1 saturated carbocycles. The van der Waals surface area contributed by atoms with Crippen molar-refractivity contribution in [2.75, 3.05) is 0 Å². The summed E-state index contributed by atoms with van der Waals surface area (Å²) >= 11 is 0. The van der Waals surface area contributed by atoms with Gasteiger partial charge < -0.3 is 5.73 Å². The molecule has 0 aliphatic heterocycles. The maximum Gasteiger partial charge on any atom is 0.133 e. The Kier molecular flexibility index (Phi) is 5.68. The summed E-state index contributed by atoms with van der Waals surface area (Å²) < 4.78 is 40.6. The lowest BCUT2D eigenvalue weighted by atomic mass is 9.75. The number of hydrogen-bond donors (Lipinski definition) is 1. The fourth-order valence-electron chi connectivity index (χ4n) is 3.44. The van der Waals surface area contributed by atoms with Crippen LogP contribution in [0.2, 0.25) is 0 Å². The molecule has 1 atom stereocenters. The second-order valence-electron chi connectivity index (χ2n) is 6.23. The van der Waals surface area contributed by atoms with Crippen LogP contribution in [0.1, 0.15) is 63.5 Å². The summed E-state index contributed by atoms with van der Waals surface area (Å²) in [5.74, 6) is -1.83. The summed E-state index contributed by atoms with van der Waals surface area (Å²) in [5.41, 5.74) is 5.91. The van der Waals surface area contributed by atoms with Gasteiger partial charge in [-0.2, -0.15) is 0 Å². The Hall–Kier alpha value is -1.03. The minimum atomic E-state index is -0.899. The highest BCUT2D eigenvalue weighted by atomic mass is 19.1. The van der Waals surface area contributed by atoms with Crippen LogP contribution < -0.4 is 5.73 Å². The minimum absolute atomic E-state index is 0.0809. The van der Waals surface area contributed by atoms with Crippen molar-refractivity contribution in [1.82, 2.24) is 0 Å².